The van der Waals surface area contributed by atoms with Gasteiger partial charge in [0.05, 0.1) is 41.0 Å². The Balaban J connectivity index is 1.91. The Bertz CT molecular complexity index is 961. The molecule has 166 valence electrons. The summed E-state index contributed by atoms with van der Waals surface area (Å²) in [5.74, 6) is 2.48. The molecule has 3 atom stereocenters. The Labute approximate surface area is 180 Å². The SMILES string of the molecule is COc1cc(C(c2cc(OC)c3c(c2)OCO3)[C@@H]2COC(=O)[C@H]2C)cc(OC)c1OC. The van der Waals surface area contributed by atoms with Crippen molar-refractivity contribution in [3.63, 3.8) is 0 Å². The van der Waals surface area contributed by atoms with Crippen LogP contribution >= 0.6 is 0 Å². The van der Waals surface area contributed by atoms with Crippen molar-refractivity contribution in [2.75, 3.05) is 41.8 Å². The fourth-order valence-electron chi connectivity index (χ4n) is 4.31. The summed E-state index contributed by atoms with van der Waals surface area (Å²) in [4.78, 5) is 12.2. The fraction of sp³-hybridized carbons (Fsp3) is 0.435. The van der Waals surface area contributed by atoms with Crippen LogP contribution in [-0.2, 0) is 9.53 Å². The third kappa shape index (κ3) is 3.56. The number of ether oxygens (including phenoxy) is 7. The number of carbonyl (C=O) groups is 1. The highest BCUT2D eigenvalue weighted by Crippen LogP contribution is 2.50. The van der Waals surface area contributed by atoms with Crippen LogP contribution in [0, 0.1) is 11.8 Å². The van der Waals surface area contributed by atoms with Crippen molar-refractivity contribution in [1.29, 1.82) is 0 Å². The van der Waals surface area contributed by atoms with Crippen LogP contribution in [0.1, 0.15) is 24.0 Å². The van der Waals surface area contributed by atoms with E-state index in [1.807, 2.05) is 31.2 Å². The minimum absolute atomic E-state index is 0.111. The first-order chi connectivity index (χ1) is 15.0. The molecule has 8 heteroatoms. The second-order valence-corrected chi connectivity index (χ2v) is 7.48. The lowest BCUT2D eigenvalue weighted by Crippen LogP contribution is -2.22. The topological polar surface area (TPSA) is 81.7 Å². The van der Waals surface area contributed by atoms with Gasteiger partial charge in [0.15, 0.2) is 23.0 Å². The summed E-state index contributed by atoms with van der Waals surface area (Å²) in [6, 6.07) is 7.64. The van der Waals surface area contributed by atoms with Crippen molar-refractivity contribution < 1.29 is 38.0 Å². The Kier molecular flexibility index (Phi) is 5.71. The molecule has 4 rings (SSSR count). The summed E-state index contributed by atoms with van der Waals surface area (Å²) < 4.78 is 38.7. The van der Waals surface area contributed by atoms with Gasteiger partial charge in [-0.1, -0.05) is 6.92 Å². The highest BCUT2D eigenvalue weighted by molar-refractivity contribution is 5.75. The minimum atomic E-state index is -0.291. The van der Waals surface area contributed by atoms with Gasteiger partial charge in [0.25, 0.3) is 0 Å². The molecule has 2 aromatic carbocycles. The number of benzene rings is 2. The summed E-state index contributed by atoms with van der Waals surface area (Å²) in [6.07, 6.45) is 0. The zero-order valence-corrected chi connectivity index (χ0v) is 18.2. The number of esters is 1. The van der Waals surface area contributed by atoms with Crippen molar-refractivity contribution in [3.05, 3.63) is 35.4 Å². The van der Waals surface area contributed by atoms with E-state index >= 15 is 0 Å². The zero-order chi connectivity index (χ0) is 22.1. The molecule has 2 aromatic rings. The van der Waals surface area contributed by atoms with Gasteiger partial charge in [-0.2, -0.15) is 0 Å². The van der Waals surface area contributed by atoms with E-state index in [2.05, 4.69) is 0 Å². The van der Waals surface area contributed by atoms with Crippen LogP contribution in [0.5, 0.6) is 34.5 Å². The highest BCUT2D eigenvalue weighted by Gasteiger charge is 2.41. The monoisotopic (exact) mass is 430 g/mol. The summed E-state index contributed by atoms with van der Waals surface area (Å²) in [5, 5.41) is 0. The Morgan fingerprint density at radius 1 is 0.839 bits per heavy atom. The van der Waals surface area contributed by atoms with Crippen molar-refractivity contribution in [1.82, 2.24) is 0 Å². The van der Waals surface area contributed by atoms with Crippen molar-refractivity contribution in [2.45, 2.75) is 12.8 Å². The van der Waals surface area contributed by atoms with E-state index in [9.17, 15) is 4.79 Å². The molecular formula is C23H26O8. The van der Waals surface area contributed by atoms with Gasteiger partial charge in [-0.05, 0) is 35.4 Å². The van der Waals surface area contributed by atoms with E-state index in [0.29, 0.717) is 41.1 Å². The van der Waals surface area contributed by atoms with Gasteiger partial charge < -0.3 is 33.2 Å². The number of methoxy groups -OCH3 is 4. The van der Waals surface area contributed by atoms with Crippen LogP contribution in [0.25, 0.3) is 0 Å². The molecular weight excluding hydrogens is 404 g/mol. The lowest BCUT2D eigenvalue weighted by molar-refractivity contribution is -0.140. The van der Waals surface area contributed by atoms with Gasteiger partial charge in [0, 0.05) is 11.8 Å². The first kappa shape index (κ1) is 21.0. The van der Waals surface area contributed by atoms with Gasteiger partial charge in [-0.3, -0.25) is 4.79 Å². The molecule has 8 nitrogen and oxygen atoms in total. The van der Waals surface area contributed by atoms with Gasteiger partial charge in [0.1, 0.15) is 0 Å². The maximum atomic E-state index is 12.2. The number of hydrogen-bond donors (Lipinski definition) is 0. The largest absolute Gasteiger partial charge is 0.493 e. The Morgan fingerprint density at radius 2 is 1.45 bits per heavy atom. The molecule has 2 aliphatic rings. The molecule has 2 heterocycles. The van der Waals surface area contributed by atoms with Crippen LogP contribution in [0.2, 0.25) is 0 Å². The molecule has 0 radical (unpaired) electrons. The van der Waals surface area contributed by atoms with Crippen molar-refractivity contribution in [2.24, 2.45) is 11.8 Å². The van der Waals surface area contributed by atoms with Gasteiger partial charge >= 0.3 is 5.97 Å². The van der Waals surface area contributed by atoms with Crippen LogP contribution in [0.15, 0.2) is 24.3 Å². The molecule has 0 bridgehead atoms. The van der Waals surface area contributed by atoms with Crippen LogP contribution in [0.3, 0.4) is 0 Å². The lowest BCUT2D eigenvalue weighted by atomic mass is 9.76. The van der Waals surface area contributed by atoms with E-state index < -0.39 is 0 Å². The minimum Gasteiger partial charge on any atom is -0.493 e. The Morgan fingerprint density at radius 3 is 2.00 bits per heavy atom. The number of carbonyl (C=O) groups excluding carboxylic acids is 1. The van der Waals surface area contributed by atoms with Gasteiger partial charge in [-0.25, -0.2) is 0 Å². The second-order valence-electron chi connectivity index (χ2n) is 7.48. The number of hydrogen-bond acceptors (Lipinski definition) is 8. The van der Waals surface area contributed by atoms with Crippen LogP contribution < -0.4 is 28.4 Å². The smallest absolute Gasteiger partial charge is 0.309 e. The number of rotatable bonds is 7. The number of cyclic esters (lactones) is 1. The second kappa shape index (κ2) is 8.45. The molecule has 1 unspecified atom stereocenters. The fourth-order valence-corrected chi connectivity index (χ4v) is 4.31. The lowest BCUT2D eigenvalue weighted by Gasteiger charge is -2.27. The molecule has 0 N–H and O–H groups in total. The summed E-state index contributed by atoms with van der Waals surface area (Å²) in [5.41, 5.74) is 1.80. The average molecular weight is 430 g/mol. The first-order valence-electron chi connectivity index (χ1n) is 9.96. The van der Waals surface area contributed by atoms with E-state index in [4.69, 9.17) is 33.2 Å². The predicted molar refractivity (Wildman–Crippen MR) is 111 cm³/mol. The van der Waals surface area contributed by atoms with Crippen LogP contribution in [0.4, 0.5) is 0 Å². The third-order valence-corrected chi connectivity index (χ3v) is 5.95. The van der Waals surface area contributed by atoms with E-state index in [0.717, 1.165) is 11.1 Å². The maximum absolute atomic E-state index is 12.2. The molecule has 31 heavy (non-hydrogen) atoms. The molecule has 1 fully saturated rings. The maximum Gasteiger partial charge on any atom is 0.309 e. The summed E-state index contributed by atoms with van der Waals surface area (Å²) in [6.45, 7) is 2.32. The quantitative estimate of drug-likeness (QED) is 0.619. The normalized spacial score (nSPS) is 20.2. The molecule has 0 aromatic heterocycles. The van der Waals surface area contributed by atoms with E-state index in [-0.39, 0.29) is 30.5 Å². The van der Waals surface area contributed by atoms with Gasteiger partial charge in [-0.15, -0.1) is 0 Å². The third-order valence-electron chi connectivity index (χ3n) is 5.95. The molecule has 1 saturated heterocycles. The molecule has 0 spiro atoms. The highest BCUT2D eigenvalue weighted by atomic mass is 16.7. The average Bonchev–Trinajstić information content (AvgIpc) is 3.40. The summed E-state index contributed by atoms with van der Waals surface area (Å²) in [7, 11) is 6.29. The molecule has 2 aliphatic heterocycles. The van der Waals surface area contributed by atoms with E-state index in [1.54, 1.807) is 28.4 Å². The van der Waals surface area contributed by atoms with Crippen molar-refractivity contribution in [3.8, 4) is 34.5 Å². The van der Waals surface area contributed by atoms with Gasteiger partial charge in [0.2, 0.25) is 18.3 Å². The van der Waals surface area contributed by atoms with E-state index in [1.165, 1.54) is 0 Å². The van der Waals surface area contributed by atoms with Crippen molar-refractivity contribution >= 4 is 5.97 Å². The zero-order valence-electron chi connectivity index (χ0n) is 18.2. The first-order valence-corrected chi connectivity index (χ1v) is 9.96. The predicted octanol–water partition coefficient (Wildman–Crippen LogP) is 3.39. The number of fused-ring (bicyclic) bond motifs is 1. The standard InChI is InChI=1S/C23H26O8/c1-12-15(10-29-23(12)24)20(13-6-16(25-2)21(28-5)17(7-13)26-3)14-8-18(27-4)22-19(9-14)30-11-31-22/h6-9,12,15,20H,10-11H2,1-5H3/t12-,15+,20?/m0/s1. The Hall–Kier alpha value is -3.29. The molecule has 0 amide bonds. The summed E-state index contributed by atoms with van der Waals surface area (Å²) >= 11 is 0. The molecule has 0 saturated carbocycles. The molecule has 0 aliphatic carbocycles. The van der Waals surface area contributed by atoms with Crippen LogP contribution in [-0.4, -0.2) is 47.8 Å².